The molecule has 0 radical (unpaired) electrons. The van der Waals surface area contributed by atoms with Gasteiger partial charge in [0.1, 0.15) is 0 Å². The molecule has 0 spiro atoms. The fourth-order valence-corrected chi connectivity index (χ4v) is 0.752. The minimum atomic E-state index is -3.40. The van der Waals surface area contributed by atoms with Crippen LogP contribution >= 0.6 is 0 Å². The van der Waals surface area contributed by atoms with Crippen LogP contribution in [0.15, 0.2) is 0 Å². The van der Waals surface area contributed by atoms with Crippen molar-refractivity contribution >= 4 is 5.97 Å². The second kappa shape index (κ2) is 5.11. The number of ether oxygens (including phenoxy) is 1. The summed E-state index contributed by atoms with van der Waals surface area (Å²) >= 11 is 0. The average Bonchev–Trinajstić information content (AvgIpc) is 2.04. The van der Waals surface area contributed by atoms with E-state index >= 15 is 0 Å². The molecule has 0 unspecified atom stereocenters. The largest absolute Gasteiger partial charge is 0.462 e. The maximum atomic E-state index is 12.9. The number of halogens is 2. The summed E-state index contributed by atoms with van der Waals surface area (Å²) in [6.07, 6.45) is 0. The lowest BCUT2D eigenvalue weighted by Crippen LogP contribution is -2.41. The van der Waals surface area contributed by atoms with E-state index < -0.39 is 18.4 Å². The van der Waals surface area contributed by atoms with Crippen molar-refractivity contribution in [2.75, 3.05) is 26.7 Å². The lowest BCUT2D eigenvalue weighted by molar-refractivity contribution is -0.173. The molecule has 0 aromatic heterocycles. The van der Waals surface area contributed by atoms with Crippen LogP contribution in [0.5, 0.6) is 0 Å². The zero-order chi connectivity index (χ0) is 10.5. The molecule has 0 aliphatic carbocycles. The van der Waals surface area contributed by atoms with Crippen molar-refractivity contribution in [3.05, 3.63) is 0 Å². The van der Waals surface area contributed by atoms with Crippen molar-refractivity contribution in [2.24, 2.45) is 0 Å². The first-order valence-electron chi connectivity index (χ1n) is 4.17. The van der Waals surface area contributed by atoms with Crippen molar-refractivity contribution in [1.82, 2.24) is 4.90 Å². The van der Waals surface area contributed by atoms with Gasteiger partial charge >= 0.3 is 11.9 Å². The van der Waals surface area contributed by atoms with E-state index in [0.717, 1.165) is 0 Å². The summed E-state index contributed by atoms with van der Waals surface area (Å²) < 4.78 is 30.1. The second-order valence-corrected chi connectivity index (χ2v) is 2.76. The van der Waals surface area contributed by atoms with Crippen LogP contribution < -0.4 is 0 Å². The quantitative estimate of drug-likeness (QED) is 0.616. The highest BCUT2D eigenvalue weighted by Gasteiger charge is 2.41. The van der Waals surface area contributed by atoms with Gasteiger partial charge in [0.05, 0.1) is 13.2 Å². The van der Waals surface area contributed by atoms with Gasteiger partial charge in [-0.1, -0.05) is 6.92 Å². The molecule has 0 aliphatic heterocycles. The number of hydrogen-bond donors (Lipinski definition) is 0. The molecule has 0 rings (SSSR count). The molecule has 78 valence electrons. The van der Waals surface area contributed by atoms with Crippen LogP contribution in [-0.2, 0) is 9.53 Å². The fraction of sp³-hybridized carbons (Fsp3) is 0.875. The summed E-state index contributed by atoms with van der Waals surface area (Å²) in [5.74, 6) is -4.85. The maximum absolute atomic E-state index is 12.9. The smallest absolute Gasteiger partial charge is 0.378 e. The number of hydrogen-bond acceptors (Lipinski definition) is 3. The lowest BCUT2D eigenvalue weighted by atomic mass is 10.3. The lowest BCUT2D eigenvalue weighted by Gasteiger charge is -2.20. The van der Waals surface area contributed by atoms with Crippen molar-refractivity contribution in [1.29, 1.82) is 0 Å². The Hall–Kier alpha value is -0.710. The summed E-state index contributed by atoms with van der Waals surface area (Å²) in [4.78, 5) is 12.1. The number of carbonyl (C=O) groups excluding carboxylic acids is 1. The van der Waals surface area contributed by atoms with Gasteiger partial charge in [0.25, 0.3) is 0 Å². The van der Waals surface area contributed by atoms with Gasteiger partial charge < -0.3 is 9.64 Å². The Morgan fingerprint density at radius 2 is 2.00 bits per heavy atom. The Balaban J connectivity index is 4.13. The van der Waals surface area contributed by atoms with Gasteiger partial charge in [0.2, 0.25) is 0 Å². The van der Waals surface area contributed by atoms with E-state index in [1.807, 2.05) is 0 Å². The van der Waals surface area contributed by atoms with E-state index in [1.165, 1.54) is 18.9 Å². The first kappa shape index (κ1) is 12.3. The third-order valence-electron chi connectivity index (χ3n) is 1.58. The summed E-state index contributed by atoms with van der Waals surface area (Å²) in [5, 5.41) is 0. The van der Waals surface area contributed by atoms with E-state index in [0.29, 0.717) is 6.54 Å². The fourth-order valence-electron chi connectivity index (χ4n) is 0.752. The standard InChI is InChI=1S/C8H15F2NO2/c1-4-11(3)6-8(9,10)7(12)13-5-2/h4-6H2,1-3H3. The molecule has 0 saturated heterocycles. The number of alkyl halides is 2. The van der Waals surface area contributed by atoms with Crippen molar-refractivity contribution in [3.8, 4) is 0 Å². The maximum Gasteiger partial charge on any atom is 0.378 e. The molecule has 0 aliphatic rings. The first-order chi connectivity index (χ1) is 5.94. The van der Waals surface area contributed by atoms with Gasteiger partial charge in [0.15, 0.2) is 0 Å². The third kappa shape index (κ3) is 4.17. The van der Waals surface area contributed by atoms with Gasteiger partial charge in [-0.25, -0.2) is 4.79 Å². The first-order valence-corrected chi connectivity index (χ1v) is 4.17. The van der Waals surface area contributed by atoms with E-state index in [9.17, 15) is 13.6 Å². The third-order valence-corrected chi connectivity index (χ3v) is 1.58. The Kier molecular flexibility index (Phi) is 4.83. The zero-order valence-electron chi connectivity index (χ0n) is 8.14. The van der Waals surface area contributed by atoms with Crippen LogP contribution in [0.2, 0.25) is 0 Å². The molecule has 0 saturated carbocycles. The molecule has 5 heteroatoms. The minimum Gasteiger partial charge on any atom is -0.462 e. The normalized spacial score (nSPS) is 11.8. The Bertz CT molecular complexity index is 174. The molecular weight excluding hydrogens is 180 g/mol. The van der Waals surface area contributed by atoms with Crippen LogP contribution in [0.3, 0.4) is 0 Å². The molecule has 0 atom stereocenters. The molecule has 0 fully saturated rings. The molecule has 0 N–H and O–H groups in total. The van der Waals surface area contributed by atoms with Crippen LogP contribution in [-0.4, -0.2) is 43.5 Å². The molecule has 0 amide bonds. The topological polar surface area (TPSA) is 29.5 Å². The Morgan fingerprint density at radius 3 is 2.38 bits per heavy atom. The summed E-state index contributed by atoms with van der Waals surface area (Å²) in [7, 11) is 1.52. The van der Waals surface area contributed by atoms with Gasteiger partial charge in [-0.3, -0.25) is 0 Å². The van der Waals surface area contributed by atoms with E-state index in [-0.39, 0.29) is 6.61 Å². The van der Waals surface area contributed by atoms with Gasteiger partial charge in [-0.15, -0.1) is 0 Å². The predicted molar refractivity (Wildman–Crippen MR) is 44.8 cm³/mol. The number of esters is 1. The van der Waals surface area contributed by atoms with E-state index in [1.54, 1.807) is 6.92 Å². The molecular formula is C8H15F2NO2. The van der Waals surface area contributed by atoms with E-state index in [4.69, 9.17) is 0 Å². The number of carbonyl (C=O) groups is 1. The molecule has 0 bridgehead atoms. The summed E-state index contributed by atoms with van der Waals surface area (Å²) in [6, 6.07) is 0. The van der Waals surface area contributed by atoms with Crippen LogP contribution in [0, 0.1) is 0 Å². The van der Waals surface area contributed by atoms with Gasteiger partial charge in [0, 0.05) is 0 Å². The molecule has 3 nitrogen and oxygen atoms in total. The van der Waals surface area contributed by atoms with Crippen molar-refractivity contribution in [3.63, 3.8) is 0 Å². The van der Waals surface area contributed by atoms with Gasteiger partial charge in [-0.05, 0) is 20.5 Å². The van der Waals surface area contributed by atoms with Crippen molar-refractivity contribution < 1.29 is 18.3 Å². The highest BCUT2D eigenvalue weighted by atomic mass is 19.3. The number of nitrogens with zero attached hydrogens (tertiary/aromatic N) is 1. The molecule has 0 aromatic carbocycles. The summed E-state index contributed by atoms with van der Waals surface area (Å²) in [6.45, 7) is 3.08. The number of rotatable bonds is 5. The van der Waals surface area contributed by atoms with Crippen LogP contribution in [0.25, 0.3) is 0 Å². The highest BCUT2D eigenvalue weighted by molar-refractivity contribution is 5.77. The minimum absolute atomic E-state index is 0.0235. The van der Waals surface area contributed by atoms with Crippen molar-refractivity contribution in [2.45, 2.75) is 19.8 Å². The summed E-state index contributed by atoms with van der Waals surface area (Å²) in [5.41, 5.74) is 0. The SMILES string of the molecule is CCOC(=O)C(F)(F)CN(C)CC. The second-order valence-electron chi connectivity index (χ2n) is 2.76. The van der Waals surface area contributed by atoms with Crippen LogP contribution in [0.1, 0.15) is 13.8 Å². The Morgan fingerprint density at radius 1 is 1.46 bits per heavy atom. The molecule has 0 heterocycles. The van der Waals surface area contributed by atoms with E-state index in [2.05, 4.69) is 4.74 Å². The zero-order valence-corrected chi connectivity index (χ0v) is 8.14. The Labute approximate surface area is 76.7 Å². The van der Waals surface area contributed by atoms with Gasteiger partial charge in [-0.2, -0.15) is 8.78 Å². The monoisotopic (exact) mass is 195 g/mol. The molecule has 0 aromatic rings. The van der Waals surface area contributed by atoms with Crippen LogP contribution in [0.4, 0.5) is 8.78 Å². The molecule has 13 heavy (non-hydrogen) atoms. The highest BCUT2D eigenvalue weighted by Crippen LogP contribution is 2.16. The predicted octanol–water partition coefficient (Wildman–Crippen LogP) is 1.14. The average molecular weight is 195 g/mol.